The predicted octanol–water partition coefficient (Wildman–Crippen LogP) is 3.32. The molecule has 0 saturated carbocycles. The molecule has 0 atom stereocenters. The first-order chi connectivity index (χ1) is 8.97. The van der Waals surface area contributed by atoms with Gasteiger partial charge in [-0.2, -0.15) is 0 Å². The number of para-hydroxylation sites is 1. The molecule has 0 aliphatic rings. The highest BCUT2D eigenvalue weighted by Crippen LogP contribution is 2.15. The number of aryl methyl sites for hydroxylation is 1. The molecule has 0 fully saturated rings. The minimum absolute atomic E-state index is 0.298. The first kappa shape index (κ1) is 13.8. The van der Waals surface area contributed by atoms with Gasteiger partial charge in [-0.05, 0) is 24.5 Å². The van der Waals surface area contributed by atoms with Crippen molar-refractivity contribution in [2.75, 3.05) is 6.54 Å². The molecule has 3 nitrogen and oxygen atoms in total. The molecule has 2 rings (SSSR count). The molecule has 0 bridgehead atoms. The van der Waals surface area contributed by atoms with Gasteiger partial charge in [0.2, 0.25) is 0 Å². The van der Waals surface area contributed by atoms with Crippen molar-refractivity contribution in [1.29, 1.82) is 0 Å². The summed E-state index contributed by atoms with van der Waals surface area (Å²) in [6.07, 6.45) is 1.96. The maximum atomic E-state index is 4.43. The van der Waals surface area contributed by atoms with Crippen LogP contribution in [0, 0.1) is 12.3 Å². The van der Waals surface area contributed by atoms with Gasteiger partial charge in [0.15, 0.2) is 0 Å². The molecule has 3 heteroatoms. The first-order valence-electron chi connectivity index (χ1n) is 6.77. The lowest BCUT2D eigenvalue weighted by Gasteiger charge is -2.19. The number of imidazole rings is 1. The van der Waals surface area contributed by atoms with Crippen molar-refractivity contribution >= 4 is 0 Å². The highest BCUT2D eigenvalue weighted by Gasteiger charge is 2.11. The second kappa shape index (κ2) is 5.57. The van der Waals surface area contributed by atoms with Crippen LogP contribution in [0.25, 0.3) is 5.69 Å². The van der Waals surface area contributed by atoms with Crippen molar-refractivity contribution in [1.82, 2.24) is 14.9 Å². The number of nitrogens with one attached hydrogen (secondary N) is 1. The number of nitrogens with zero attached hydrogens (tertiary/aromatic N) is 2. The van der Waals surface area contributed by atoms with Gasteiger partial charge in [-0.15, -0.1) is 0 Å². The van der Waals surface area contributed by atoms with Crippen LogP contribution in [0.15, 0.2) is 36.5 Å². The highest BCUT2D eigenvalue weighted by atomic mass is 15.1. The molecule has 0 aliphatic carbocycles. The number of aromatic nitrogens is 2. The third-order valence-corrected chi connectivity index (χ3v) is 2.99. The second-order valence-corrected chi connectivity index (χ2v) is 6.13. The summed E-state index contributed by atoms with van der Waals surface area (Å²) in [6, 6.07) is 10.4. The predicted molar refractivity (Wildman–Crippen MR) is 79.5 cm³/mol. The third-order valence-electron chi connectivity index (χ3n) is 2.99. The SMILES string of the molecule is Cc1ncc(CNCC(C)(C)C)n1-c1ccccc1. The summed E-state index contributed by atoms with van der Waals surface area (Å²) in [6.45, 7) is 10.6. The van der Waals surface area contributed by atoms with Gasteiger partial charge >= 0.3 is 0 Å². The first-order valence-corrected chi connectivity index (χ1v) is 6.77. The third kappa shape index (κ3) is 3.67. The Bertz CT molecular complexity index is 521. The fourth-order valence-electron chi connectivity index (χ4n) is 2.11. The highest BCUT2D eigenvalue weighted by molar-refractivity contribution is 5.35. The molecule has 0 radical (unpaired) electrons. The zero-order valence-electron chi connectivity index (χ0n) is 12.3. The van der Waals surface area contributed by atoms with Crippen molar-refractivity contribution in [2.45, 2.75) is 34.2 Å². The molecule has 0 spiro atoms. The topological polar surface area (TPSA) is 29.9 Å². The molecule has 0 aliphatic heterocycles. The molecule has 1 aromatic heterocycles. The lowest BCUT2D eigenvalue weighted by atomic mass is 9.97. The van der Waals surface area contributed by atoms with E-state index in [1.807, 2.05) is 19.2 Å². The van der Waals surface area contributed by atoms with Gasteiger partial charge in [0.1, 0.15) is 5.82 Å². The van der Waals surface area contributed by atoms with Crippen LogP contribution in [-0.4, -0.2) is 16.1 Å². The molecule has 1 N–H and O–H groups in total. The van der Waals surface area contributed by atoms with Gasteiger partial charge in [0.25, 0.3) is 0 Å². The molecule has 0 amide bonds. The molecule has 0 saturated heterocycles. The van der Waals surface area contributed by atoms with E-state index in [0.29, 0.717) is 5.41 Å². The smallest absolute Gasteiger partial charge is 0.110 e. The average Bonchev–Trinajstić information content (AvgIpc) is 2.70. The number of hydrogen-bond acceptors (Lipinski definition) is 2. The van der Waals surface area contributed by atoms with Gasteiger partial charge in [0.05, 0.1) is 11.9 Å². The van der Waals surface area contributed by atoms with Crippen molar-refractivity contribution in [3.8, 4) is 5.69 Å². The standard InChI is InChI=1S/C16H23N3/c1-13-18-11-15(10-17-12-16(2,3)4)19(13)14-8-6-5-7-9-14/h5-9,11,17H,10,12H2,1-4H3. The van der Waals surface area contributed by atoms with E-state index in [4.69, 9.17) is 0 Å². The Kier molecular flexibility index (Phi) is 4.05. The van der Waals surface area contributed by atoms with E-state index >= 15 is 0 Å². The molecule has 1 heterocycles. The zero-order chi connectivity index (χ0) is 13.9. The van der Waals surface area contributed by atoms with Crippen LogP contribution in [0.2, 0.25) is 0 Å². The molecule has 102 valence electrons. The van der Waals surface area contributed by atoms with Crippen LogP contribution < -0.4 is 5.32 Å². The maximum absolute atomic E-state index is 4.43. The Morgan fingerprint density at radius 2 is 1.84 bits per heavy atom. The Morgan fingerprint density at radius 1 is 1.16 bits per heavy atom. The van der Waals surface area contributed by atoms with E-state index in [1.165, 1.54) is 11.4 Å². The fraction of sp³-hybridized carbons (Fsp3) is 0.438. The number of rotatable bonds is 4. The minimum Gasteiger partial charge on any atom is -0.311 e. The van der Waals surface area contributed by atoms with Crippen LogP contribution in [0.4, 0.5) is 0 Å². The van der Waals surface area contributed by atoms with Gasteiger partial charge in [-0.25, -0.2) is 4.98 Å². The number of hydrogen-bond donors (Lipinski definition) is 1. The van der Waals surface area contributed by atoms with Crippen molar-refractivity contribution in [2.24, 2.45) is 5.41 Å². The second-order valence-electron chi connectivity index (χ2n) is 6.13. The number of benzene rings is 1. The summed E-state index contributed by atoms with van der Waals surface area (Å²) in [5.74, 6) is 1.03. The summed E-state index contributed by atoms with van der Waals surface area (Å²) < 4.78 is 2.20. The van der Waals surface area contributed by atoms with Crippen LogP contribution in [-0.2, 0) is 6.54 Å². The largest absolute Gasteiger partial charge is 0.311 e. The Labute approximate surface area is 115 Å². The maximum Gasteiger partial charge on any atom is 0.110 e. The molecule has 0 unspecified atom stereocenters. The van der Waals surface area contributed by atoms with Gasteiger partial charge < -0.3 is 5.32 Å². The quantitative estimate of drug-likeness (QED) is 0.910. The monoisotopic (exact) mass is 257 g/mol. The summed E-state index contributed by atoms with van der Waals surface area (Å²) in [7, 11) is 0. The Hall–Kier alpha value is -1.61. The van der Waals surface area contributed by atoms with Crippen molar-refractivity contribution in [3.05, 3.63) is 48.0 Å². The average molecular weight is 257 g/mol. The molecule has 19 heavy (non-hydrogen) atoms. The van der Waals surface area contributed by atoms with E-state index in [2.05, 4.69) is 59.9 Å². The van der Waals surface area contributed by atoms with Crippen LogP contribution in [0.1, 0.15) is 32.3 Å². The lowest BCUT2D eigenvalue weighted by molar-refractivity contribution is 0.377. The van der Waals surface area contributed by atoms with Crippen LogP contribution in [0.3, 0.4) is 0 Å². The van der Waals surface area contributed by atoms with Crippen molar-refractivity contribution in [3.63, 3.8) is 0 Å². The van der Waals surface area contributed by atoms with Crippen LogP contribution in [0.5, 0.6) is 0 Å². The van der Waals surface area contributed by atoms with E-state index < -0.39 is 0 Å². The van der Waals surface area contributed by atoms with E-state index in [1.54, 1.807) is 0 Å². The van der Waals surface area contributed by atoms with E-state index in [9.17, 15) is 0 Å². The summed E-state index contributed by atoms with van der Waals surface area (Å²) in [5, 5.41) is 3.50. The van der Waals surface area contributed by atoms with Crippen molar-refractivity contribution < 1.29 is 0 Å². The summed E-state index contributed by atoms with van der Waals surface area (Å²) in [4.78, 5) is 4.43. The van der Waals surface area contributed by atoms with Gasteiger partial charge in [-0.1, -0.05) is 39.0 Å². The fourth-order valence-corrected chi connectivity index (χ4v) is 2.11. The zero-order valence-corrected chi connectivity index (χ0v) is 12.3. The normalized spacial score (nSPS) is 11.8. The van der Waals surface area contributed by atoms with E-state index in [-0.39, 0.29) is 0 Å². The molecular formula is C16H23N3. The molecule has 1 aromatic carbocycles. The van der Waals surface area contributed by atoms with Gasteiger partial charge in [0, 0.05) is 18.8 Å². The minimum atomic E-state index is 0.298. The van der Waals surface area contributed by atoms with E-state index in [0.717, 1.165) is 18.9 Å². The lowest BCUT2D eigenvalue weighted by Crippen LogP contribution is -2.27. The van der Waals surface area contributed by atoms with Gasteiger partial charge in [-0.3, -0.25) is 4.57 Å². The molecule has 2 aromatic rings. The summed E-state index contributed by atoms with van der Waals surface area (Å²) >= 11 is 0. The Balaban J connectivity index is 2.15. The van der Waals surface area contributed by atoms with Crippen LogP contribution >= 0.6 is 0 Å². The molecular weight excluding hydrogens is 234 g/mol. The summed E-state index contributed by atoms with van der Waals surface area (Å²) in [5.41, 5.74) is 2.67. The Morgan fingerprint density at radius 3 is 2.47 bits per heavy atom.